The molecule has 1 unspecified atom stereocenters. The SMILES string of the molecule is CCC(CO)CC(=O)OCCC(CC(C)C)CC(C)C. The lowest BCUT2D eigenvalue weighted by Gasteiger charge is -2.21. The van der Waals surface area contributed by atoms with E-state index in [4.69, 9.17) is 9.84 Å². The average molecular weight is 286 g/mol. The Bertz CT molecular complexity index is 235. The fraction of sp³-hybridized carbons (Fsp3) is 0.941. The molecule has 0 saturated heterocycles. The molecule has 0 aromatic rings. The van der Waals surface area contributed by atoms with Gasteiger partial charge in [0.25, 0.3) is 0 Å². The van der Waals surface area contributed by atoms with Gasteiger partial charge in [-0.15, -0.1) is 0 Å². The second kappa shape index (κ2) is 11.1. The molecule has 0 aliphatic rings. The van der Waals surface area contributed by atoms with E-state index in [1.54, 1.807) is 0 Å². The predicted octanol–water partition coefficient (Wildman–Crippen LogP) is 4.04. The van der Waals surface area contributed by atoms with Crippen LogP contribution in [0.1, 0.15) is 66.7 Å². The molecule has 0 spiro atoms. The highest BCUT2D eigenvalue weighted by atomic mass is 16.5. The number of hydrogen-bond acceptors (Lipinski definition) is 3. The maximum Gasteiger partial charge on any atom is 0.306 e. The van der Waals surface area contributed by atoms with E-state index in [9.17, 15) is 4.79 Å². The summed E-state index contributed by atoms with van der Waals surface area (Å²) in [4.78, 5) is 11.7. The lowest BCUT2D eigenvalue weighted by Crippen LogP contribution is -2.17. The minimum Gasteiger partial charge on any atom is -0.466 e. The number of ether oxygens (including phenoxy) is 1. The molecule has 0 aromatic heterocycles. The molecule has 3 heteroatoms. The Morgan fingerprint density at radius 3 is 2.00 bits per heavy atom. The summed E-state index contributed by atoms with van der Waals surface area (Å²) in [6.07, 6.45) is 4.51. The van der Waals surface area contributed by atoms with Crippen LogP contribution in [0.25, 0.3) is 0 Å². The molecule has 0 aliphatic heterocycles. The van der Waals surface area contributed by atoms with Crippen molar-refractivity contribution in [1.29, 1.82) is 0 Å². The van der Waals surface area contributed by atoms with Crippen LogP contribution in [-0.2, 0) is 9.53 Å². The van der Waals surface area contributed by atoms with E-state index in [1.807, 2.05) is 6.92 Å². The lowest BCUT2D eigenvalue weighted by atomic mass is 9.87. The second-order valence-corrected chi connectivity index (χ2v) is 6.80. The van der Waals surface area contributed by atoms with Gasteiger partial charge in [-0.3, -0.25) is 4.79 Å². The number of hydrogen-bond donors (Lipinski definition) is 1. The second-order valence-electron chi connectivity index (χ2n) is 6.80. The zero-order valence-electron chi connectivity index (χ0n) is 14.0. The third-order valence-corrected chi connectivity index (χ3v) is 3.69. The van der Waals surface area contributed by atoms with Crippen molar-refractivity contribution in [2.75, 3.05) is 13.2 Å². The Kier molecular flexibility index (Phi) is 10.8. The van der Waals surface area contributed by atoms with Crippen LogP contribution in [0.2, 0.25) is 0 Å². The smallest absolute Gasteiger partial charge is 0.306 e. The molecule has 0 rings (SSSR count). The molecule has 3 nitrogen and oxygen atoms in total. The van der Waals surface area contributed by atoms with E-state index < -0.39 is 0 Å². The molecular weight excluding hydrogens is 252 g/mol. The standard InChI is InChI=1S/C17H34O3/c1-6-15(12-18)11-17(19)20-8-7-16(9-13(2)3)10-14(4)5/h13-16,18H,6-12H2,1-5H3. The zero-order chi connectivity index (χ0) is 15.5. The Balaban J connectivity index is 4.00. The highest BCUT2D eigenvalue weighted by molar-refractivity contribution is 5.69. The Morgan fingerprint density at radius 2 is 1.60 bits per heavy atom. The largest absolute Gasteiger partial charge is 0.466 e. The molecule has 0 radical (unpaired) electrons. The summed E-state index contributed by atoms with van der Waals surface area (Å²) in [6, 6.07) is 0. The molecular formula is C17H34O3. The molecule has 0 bridgehead atoms. The molecule has 0 aliphatic carbocycles. The number of esters is 1. The van der Waals surface area contributed by atoms with E-state index in [1.165, 1.54) is 12.8 Å². The average Bonchev–Trinajstić information content (AvgIpc) is 2.34. The molecule has 0 aromatic carbocycles. The Morgan fingerprint density at radius 1 is 1.05 bits per heavy atom. The first kappa shape index (κ1) is 19.4. The van der Waals surface area contributed by atoms with Gasteiger partial charge >= 0.3 is 5.97 Å². The quantitative estimate of drug-likeness (QED) is 0.583. The van der Waals surface area contributed by atoms with E-state index in [-0.39, 0.29) is 18.5 Å². The van der Waals surface area contributed by atoms with Gasteiger partial charge in [0.05, 0.1) is 13.0 Å². The maximum atomic E-state index is 11.7. The molecule has 0 amide bonds. The first-order chi connectivity index (χ1) is 9.38. The van der Waals surface area contributed by atoms with Crippen LogP contribution in [0.4, 0.5) is 0 Å². The summed E-state index contributed by atoms with van der Waals surface area (Å²) in [5.41, 5.74) is 0. The Hall–Kier alpha value is -0.570. The van der Waals surface area contributed by atoms with E-state index in [2.05, 4.69) is 27.7 Å². The number of carbonyl (C=O) groups excluding carboxylic acids is 1. The van der Waals surface area contributed by atoms with Gasteiger partial charge in [0.1, 0.15) is 0 Å². The van der Waals surface area contributed by atoms with Crippen molar-refractivity contribution >= 4 is 5.97 Å². The molecule has 1 atom stereocenters. The van der Waals surface area contributed by atoms with Crippen LogP contribution in [0.5, 0.6) is 0 Å². The first-order valence-corrected chi connectivity index (χ1v) is 8.15. The minimum atomic E-state index is -0.168. The summed E-state index contributed by atoms with van der Waals surface area (Å²) >= 11 is 0. The fourth-order valence-electron chi connectivity index (χ4n) is 2.64. The number of carbonyl (C=O) groups is 1. The van der Waals surface area contributed by atoms with E-state index in [0.29, 0.717) is 30.8 Å². The van der Waals surface area contributed by atoms with Crippen molar-refractivity contribution in [3.63, 3.8) is 0 Å². The van der Waals surface area contributed by atoms with Crippen molar-refractivity contribution in [2.45, 2.75) is 66.7 Å². The molecule has 20 heavy (non-hydrogen) atoms. The highest BCUT2D eigenvalue weighted by Gasteiger charge is 2.15. The summed E-state index contributed by atoms with van der Waals surface area (Å²) in [7, 11) is 0. The Labute approximate surface area is 125 Å². The molecule has 0 heterocycles. The van der Waals surface area contributed by atoms with Crippen LogP contribution >= 0.6 is 0 Å². The normalized spacial score (nSPS) is 13.2. The van der Waals surface area contributed by atoms with Crippen LogP contribution in [-0.4, -0.2) is 24.3 Å². The third kappa shape index (κ3) is 10.2. The number of rotatable bonds is 11. The van der Waals surface area contributed by atoms with Crippen LogP contribution < -0.4 is 0 Å². The van der Waals surface area contributed by atoms with Crippen molar-refractivity contribution in [3.05, 3.63) is 0 Å². The van der Waals surface area contributed by atoms with Crippen LogP contribution in [0.3, 0.4) is 0 Å². The van der Waals surface area contributed by atoms with Gasteiger partial charge in [0.15, 0.2) is 0 Å². The summed E-state index contributed by atoms with van der Waals surface area (Å²) < 4.78 is 5.32. The number of aliphatic hydroxyl groups is 1. The van der Waals surface area contributed by atoms with Crippen molar-refractivity contribution in [1.82, 2.24) is 0 Å². The molecule has 0 fully saturated rings. The zero-order valence-corrected chi connectivity index (χ0v) is 14.0. The van der Waals surface area contributed by atoms with E-state index in [0.717, 1.165) is 12.8 Å². The molecule has 1 N–H and O–H groups in total. The van der Waals surface area contributed by atoms with E-state index >= 15 is 0 Å². The topological polar surface area (TPSA) is 46.5 Å². The molecule has 0 saturated carbocycles. The minimum absolute atomic E-state index is 0.0459. The monoisotopic (exact) mass is 286 g/mol. The number of aliphatic hydroxyl groups excluding tert-OH is 1. The van der Waals surface area contributed by atoms with Crippen molar-refractivity contribution < 1.29 is 14.6 Å². The molecule has 120 valence electrons. The van der Waals surface area contributed by atoms with Gasteiger partial charge in [0.2, 0.25) is 0 Å². The first-order valence-electron chi connectivity index (χ1n) is 8.15. The summed E-state index contributed by atoms with van der Waals surface area (Å²) in [6.45, 7) is 11.5. The summed E-state index contributed by atoms with van der Waals surface area (Å²) in [5, 5.41) is 9.08. The van der Waals surface area contributed by atoms with Gasteiger partial charge in [-0.1, -0.05) is 41.0 Å². The van der Waals surface area contributed by atoms with Gasteiger partial charge in [-0.05, 0) is 42.9 Å². The van der Waals surface area contributed by atoms with Gasteiger partial charge in [0, 0.05) is 6.61 Å². The van der Waals surface area contributed by atoms with Gasteiger partial charge in [-0.2, -0.15) is 0 Å². The van der Waals surface area contributed by atoms with Gasteiger partial charge in [-0.25, -0.2) is 0 Å². The predicted molar refractivity (Wildman–Crippen MR) is 83.5 cm³/mol. The lowest BCUT2D eigenvalue weighted by molar-refractivity contribution is -0.145. The van der Waals surface area contributed by atoms with Gasteiger partial charge < -0.3 is 9.84 Å². The highest BCUT2D eigenvalue weighted by Crippen LogP contribution is 2.23. The van der Waals surface area contributed by atoms with Crippen molar-refractivity contribution in [3.8, 4) is 0 Å². The van der Waals surface area contributed by atoms with Crippen LogP contribution in [0.15, 0.2) is 0 Å². The maximum absolute atomic E-state index is 11.7. The fourth-order valence-corrected chi connectivity index (χ4v) is 2.64. The summed E-state index contributed by atoms with van der Waals surface area (Å²) in [5.74, 6) is 1.90. The third-order valence-electron chi connectivity index (χ3n) is 3.69. The van der Waals surface area contributed by atoms with Crippen molar-refractivity contribution in [2.24, 2.45) is 23.7 Å². The van der Waals surface area contributed by atoms with Crippen LogP contribution in [0, 0.1) is 23.7 Å².